The Balaban J connectivity index is 2.04. The zero-order valence-corrected chi connectivity index (χ0v) is 12.7. The molecule has 3 N–H and O–H groups in total. The summed E-state index contributed by atoms with van der Waals surface area (Å²) >= 11 is 1.40. The highest BCUT2D eigenvalue weighted by molar-refractivity contribution is 7.98. The summed E-state index contributed by atoms with van der Waals surface area (Å²) in [5, 5.41) is 14.6. The molecule has 23 heavy (non-hydrogen) atoms. The van der Waals surface area contributed by atoms with Crippen LogP contribution in [0.25, 0.3) is 11.0 Å². The average molecular weight is 329 g/mol. The molecule has 0 amide bonds. The minimum atomic E-state index is -0.535. The molecule has 0 saturated carbocycles. The zero-order valence-electron chi connectivity index (χ0n) is 11.9. The van der Waals surface area contributed by atoms with Crippen LogP contribution in [0.2, 0.25) is 0 Å². The minimum absolute atomic E-state index is 0.0973. The number of nitrogens with two attached hydrogens (primary N) is 1. The van der Waals surface area contributed by atoms with Gasteiger partial charge in [0.2, 0.25) is 0 Å². The van der Waals surface area contributed by atoms with Gasteiger partial charge in [-0.3, -0.25) is 10.1 Å². The first-order valence-electron chi connectivity index (χ1n) is 6.41. The summed E-state index contributed by atoms with van der Waals surface area (Å²) in [5.74, 6) is 0.437. The van der Waals surface area contributed by atoms with Crippen molar-refractivity contribution in [2.75, 3.05) is 17.3 Å². The molecule has 0 aliphatic carbocycles. The first kappa shape index (κ1) is 14.9. The van der Waals surface area contributed by atoms with Crippen LogP contribution < -0.4 is 11.1 Å². The van der Waals surface area contributed by atoms with E-state index >= 15 is 0 Å². The van der Waals surface area contributed by atoms with Gasteiger partial charge in [0.15, 0.2) is 11.0 Å². The Hall–Kier alpha value is -3.01. The van der Waals surface area contributed by atoms with Gasteiger partial charge in [-0.15, -0.1) is 0 Å². The molecule has 0 aliphatic heterocycles. The topological polar surface area (TPSA) is 133 Å². The number of benzene rings is 1. The maximum absolute atomic E-state index is 11.0. The summed E-state index contributed by atoms with van der Waals surface area (Å²) in [7, 11) is 0. The Bertz CT molecular complexity index is 903. The fourth-order valence-corrected chi connectivity index (χ4v) is 2.28. The lowest BCUT2D eigenvalue weighted by atomic mass is 10.2. The molecule has 0 radical (unpaired) electrons. The van der Waals surface area contributed by atoms with Gasteiger partial charge in [-0.2, -0.15) is 0 Å². The van der Waals surface area contributed by atoms with Crippen LogP contribution in [0, 0.1) is 10.1 Å². The van der Waals surface area contributed by atoms with E-state index in [4.69, 9.17) is 5.73 Å². The van der Waals surface area contributed by atoms with Crippen LogP contribution in [0.3, 0.4) is 0 Å². The molecule has 2 heterocycles. The zero-order chi connectivity index (χ0) is 16.4. The highest BCUT2D eigenvalue weighted by Gasteiger charge is 2.13. The summed E-state index contributed by atoms with van der Waals surface area (Å²) < 4.78 is 0. The standard InChI is InChI=1S/C13H11N7O2S/c1-23-13-15-5-9-11(19-13)12(17-6-16-9)18-7-2-3-8(14)10(4-7)20(21)22/h2-6H,14H2,1H3,(H,16,17,18). The van der Waals surface area contributed by atoms with E-state index in [2.05, 4.69) is 25.3 Å². The van der Waals surface area contributed by atoms with E-state index in [1.807, 2.05) is 6.26 Å². The molecule has 3 rings (SSSR count). The molecule has 0 saturated heterocycles. The van der Waals surface area contributed by atoms with Crippen molar-refractivity contribution in [3.63, 3.8) is 0 Å². The van der Waals surface area contributed by atoms with E-state index in [9.17, 15) is 10.1 Å². The predicted octanol–water partition coefficient (Wildman–Crippen LogP) is 2.38. The van der Waals surface area contributed by atoms with Gasteiger partial charge in [-0.25, -0.2) is 19.9 Å². The number of nitro benzene ring substituents is 1. The fourth-order valence-electron chi connectivity index (χ4n) is 1.94. The summed E-state index contributed by atoms with van der Waals surface area (Å²) in [6, 6.07) is 4.44. The molecular weight excluding hydrogens is 318 g/mol. The highest BCUT2D eigenvalue weighted by Crippen LogP contribution is 2.28. The number of hydrogen-bond donors (Lipinski definition) is 2. The highest BCUT2D eigenvalue weighted by atomic mass is 32.2. The maximum atomic E-state index is 11.0. The number of aromatic nitrogens is 4. The van der Waals surface area contributed by atoms with Crippen molar-refractivity contribution in [1.29, 1.82) is 0 Å². The Labute approximate surface area is 134 Å². The molecule has 9 nitrogen and oxygen atoms in total. The Kier molecular flexibility index (Phi) is 3.89. The van der Waals surface area contributed by atoms with E-state index < -0.39 is 4.92 Å². The largest absolute Gasteiger partial charge is 0.393 e. The van der Waals surface area contributed by atoms with E-state index in [0.717, 1.165) is 0 Å². The second kappa shape index (κ2) is 6.01. The number of anilines is 3. The molecular formula is C13H11N7O2S. The van der Waals surface area contributed by atoms with Crippen molar-refractivity contribution in [3.05, 3.63) is 40.8 Å². The lowest BCUT2D eigenvalue weighted by Crippen LogP contribution is -2.01. The van der Waals surface area contributed by atoms with Crippen molar-refractivity contribution in [1.82, 2.24) is 19.9 Å². The number of hydrogen-bond acceptors (Lipinski definition) is 9. The monoisotopic (exact) mass is 329 g/mol. The first-order valence-corrected chi connectivity index (χ1v) is 7.63. The molecule has 0 fully saturated rings. The molecule has 3 aromatic rings. The van der Waals surface area contributed by atoms with Crippen LogP contribution in [-0.4, -0.2) is 31.1 Å². The van der Waals surface area contributed by atoms with Crippen LogP contribution in [0.15, 0.2) is 35.9 Å². The molecule has 0 unspecified atom stereocenters. The molecule has 10 heteroatoms. The third-order valence-corrected chi connectivity index (χ3v) is 3.59. The van der Waals surface area contributed by atoms with Crippen LogP contribution in [0.5, 0.6) is 0 Å². The first-order chi connectivity index (χ1) is 11.1. The summed E-state index contributed by atoms with van der Waals surface area (Å²) in [6.07, 6.45) is 4.84. The molecule has 116 valence electrons. The molecule has 0 spiro atoms. The molecule has 2 aromatic heterocycles. The summed E-state index contributed by atoms with van der Waals surface area (Å²) in [5.41, 5.74) is 7.11. The molecule has 0 atom stereocenters. The lowest BCUT2D eigenvalue weighted by molar-refractivity contribution is -0.383. The van der Waals surface area contributed by atoms with E-state index in [1.54, 1.807) is 12.3 Å². The Morgan fingerprint density at radius 1 is 1.30 bits per heavy atom. The van der Waals surface area contributed by atoms with Crippen molar-refractivity contribution in [2.45, 2.75) is 5.16 Å². The average Bonchev–Trinajstić information content (AvgIpc) is 2.56. The van der Waals surface area contributed by atoms with Crippen molar-refractivity contribution >= 4 is 45.7 Å². The second-order valence-corrected chi connectivity index (χ2v) is 5.24. The van der Waals surface area contributed by atoms with Gasteiger partial charge in [0.25, 0.3) is 5.69 Å². The summed E-state index contributed by atoms with van der Waals surface area (Å²) in [4.78, 5) is 27.2. The van der Waals surface area contributed by atoms with Crippen LogP contribution in [0.4, 0.5) is 22.9 Å². The van der Waals surface area contributed by atoms with E-state index in [0.29, 0.717) is 27.7 Å². The van der Waals surface area contributed by atoms with Gasteiger partial charge in [0.05, 0.1) is 11.1 Å². The SMILES string of the molecule is CSc1ncc2ncnc(Nc3ccc(N)c([N+](=O)[O-])c3)c2n1. The summed E-state index contributed by atoms with van der Waals surface area (Å²) in [6.45, 7) is 0. The Morgan fingerprint density at radius 2 is 2.13 bits per heavy atom. The predicted molar refractivity (Wildman–Crippen MR) is 87.7 cm³/mol. The number of nitrogen functional groups attached to an aromatic ring is 1. The van der Waals surface area contributed by atoms with Crippen molar-refractivity contribution < 1.29 is 4.92 Å². The van der Waals surface area contributed by atoms with Gasteiger partial charge in [-0.1, -0.05) is 11.8 Å². The third-order valence-electron chi connectivity index (χ3n) is 3.03. The fraction of sp³-hybridized carbons (Fsp3) is 0.0769. The smallest absolute Gasteiger partial charge is 0.294 e. The van der Waals surface area contributed by atoms with Gasteiger partial charge in [0, 0.05) is 11.8 Å². The van der Waals surface area contributed by atoms with Gasteiger partial charge >= 0.3 is 0 Å². The number of nitro groups is 1. The Morgan fingerprint density at radius 3 is 2.87 bits per heavy atom. The minimum Gasteiger partial charge on any atom is -0.393 e. The number of thioether (sulfide) groups is 1. The number of nitrogens with zero attached hydrogens (tertiary/aromatic N) is 5. The van der Waals surface area contributed by atoms with Crippen molar-refractivity contribution in [2.24, 2.45) is 0 Å². The number of fused-ring (bicyclic) bond motifs is 1. The number of nitrogens with one attached hydrogen (secondary N) is 1. The normalized spacial score (nSPS) is 10.7. The van der Waals surface area contributed by atoms with Gasteiger partial charge in [-0.05, 0) is 18.4 Å². The van der Waals surface area contributed by atoms with Crippen LogP contribution in [0.1, 0.15) is 0 Å². The van der Waals surface area contributed by atoms with E-state index in [1.165, 1.54) is 30.2 Å². The van der Waals surface area contributed by atoms with Crippen molar-refractivity contribution in [3.8, 4) is 0 Å². The third kappa shape index (κ3) is 2.97. The molecule has 0 bridgehead atoms. The molecule has 0 aliphatic rings. The van der Waals surface area contributed by atoms with Crippen LogP contribution in [-0.2, 0) is 0 Å². The van der Waals surface area contributed by atoms with E-state index in [-0.39, 0.29) is 11.4 Å². The van der Waals surface area contributed by atoms with Gasteiger partial charge in [0.1, 0.15) is 23.0 Å². The van der Waals surface area contributed by atoms with Crippen LogP contribution >= 0.6 is 11.8 Å². The second-order valence-electron chi connectivity index (χ2n) is 4.47. The molecule has 1 aromatic carbocycles. The van der Waals surface area contributed by atoms with Gasteiger partial charge < -0.3 is 11.1 Å². The number of rotatable bonds is 4. The quantitative estimate of drug-likeness (QED) is 0.243. The lowest BCUT2D eigenvalue weighted by Gasteiger charge is -2.08. The maximum Gasteiger partial charge on any atom is 0.294 e.